The van der Waals surface area contributed by atoms with Crippen LogP contribution >= 0.6 is 0 Å². The number of urea groups is 1. The quantitative estimate of drug-likeness (QED) is 0.148. The molecule has 0 saturated carbocycles. The molecule has 2 aliphatic heterocycles. The normalized spacial score (nSPS) is 20.0. The van der Waals surface area contributed by atoms with Crippen molar-refractivity contribution in [2.24, 2.45) is 17.3 Å². The predicted octanol–water partition coefficient (Wildman–Crippen LogP) is 1.30. The van der Waals surface area contributed by atoms with E-state index >= 15 is 0 Å². The van der Waals surface area contributed by atoms with E-state index in [0.717, 1.165) is 12.8 Å². The third-order valence-corrected chi connectivity index (χ3v) is 8.73. The number of nitrogens with one attached hydrogen (secondary N) is 4. The molecule has 2 rings (SSSR count). The van der Waals surface area contributed by atoms with E-state index in [-0.39, 0.29) is 37.3 Å². The Morgan fingerprint density at radius 1 is 0.830 bits per heavy atom. The summed E-state index contributed by atoms with van der Waals surface area (Å²) in [6, 6.07) is -6.18. The lowest BCUT2D eigenvalue weighted by Gasteiger charge is -2.37. The van der Waals surface area contributed by atoms with Gasteiger partial charge in [0.15, 0.2) is 0 Å². The second-order valence-corrected chi connectivity index (χ2v) is 14.0. The Kier molecular flexibility index (Phi) is 14.5. The summed E-state index contributed by atoms with van der Waals surface area (Å²) >= 11 is 0. The third-order valence-electron chi connectivity index (χ3n) is 8.73. The molecule has 6 amide bonds. The van der Waals surface area contributed by atoms with E-state index in [9.17, 15) is 43.8 Å². The Morgan fingerprint density at radius 2 is 1.43 bits per heavy atom. The lowest BCUT2D eigenvalue weighted by atomic mass is 9.85. The summed E-state index contributed by atoms with van der Waals surface area (Å²) in [5.41, 5.74) is -0.811. The maximum absolute atomic E-state index is 14.2. The molecule has 0 aromatic rings. The maximum atomic E-state index is 14.2. The van der Waals surface area contributed by atoms with Crippen LogP contribution in [0.4, 0.5) is 4.79 Å². The molecule has 2 saturated heterocycles. The minimum atomic E-state index is -1.68. The number of carbonyl (C=O) groups excluding carboxylic acids is 5. The van der Waals surface area contributed by atoms with E-state index in [4.69, 9.17) is 0 Å². The van der Waals surface area contributed by atoms with Crippen molar-refractivity contribution in [2.75, 3.05) is 19.6 Å². The first-order chi connectivity index (χ1) is 21.9. The van der Waals surface area contributed by atoms with Crippen molar-refractivity contribution >= 4 is 41.6 Å². The van der Waals surface area contributed by atoms with Crippen molar-refractivity contribution in [3.63, 3.8) is 0 Å². The Morgan fingerprint density at radius 3 is 1.91 bits per heavy atom. The largest absolute Gasteiger partial charge is 0.481 e. The summed E-state index contributed by atoms with van der Waals surface area (Å²) in [6.45, 7) is 13.7. The molecule has 6 N–H and O–H groups in total. The molecular weight excluding hydrogens is 612 g/mol. The van der Waals surface area contributed by atoms with E-state index in [1.165, 1.54) is 4.90 Å². The second kappa shape index (κ2) is 17.3. The van der Waals surface area contributed by atoms with Crippen LogP contribution in [0.15, 0.2) is 0 Å². The zero-order valence-electron chi connectivity index (χ0n) is 28.8. The lowest BCUT2D eigenvalue weighted by molar-refractivity contribution is -0.148. The van der Waals surface area contributed by atoms with Gasteiger partial charge in [0, 0.05) is 25.7 Å². The van der Waals surface area contributed by atoms with Gasteiger partial charge >= 0.3 is 18.0 Å². The Balaban J connectivity index is 2.45. The van der Waals surface area contributed by atoms with Crippen LogP contribution in [0.3, 0.4) is 0 Å². The molecule has 0 aromatic heterocycles. The van der Waals surface area contributed by atoms with Gasteiger partial charge in [-0.2, -0.15) is 0 Å². The highest BCUT2D eigenvalue weighted by Gasteiger charge is 2.50. The number of rotatable bonds is 15. The number of likely N-dealkylation sites (tertiary alicyclic amines) is 2. The number of hydrogen-bond acceptors (Lipinski definition) is 7. The Bertz CT molecular complexity index is 1160. The predicted molar refractivity (Wildman–Crippen MR) is 172 cm³/mol. The summed E-state index contributed by atoms with van der Waals surface area (Å²) < 4.78 is 0. The van der Waals surface area contributed by atoms with Crippen LogP contribution in [0.5, 0.6) is 0 Å². The highest BCUT2D eigenvalue weighted by molar-refractivity contribution is 5.99. The van der Waals surface area contributed by atoms with Gasteiger partial charge in [-0.05, 0) is 49.9 Å². The second-order valence-electron chi connectivity index (χ2n) is 14.0. The standard InChI is InChI=1S/C32H54N6O9/c1-8-19(9-2)33-31(47)36-25(32(5,6)7)29(44)38-15-12-20(28(43)37-13-10-11-14-37)24(38)27(42)34-21(17-23(39)40)26(41)35-22(30(45)46)16-18(3)4/h18-22,24-25H,8-17H2,1-7H3,(H,34,42)(H,35,41)(H,39,40)(H,45,46)(H2,33,36,47). The molecule has 5 unspecified atom stereocenters. The van der Waals surface area contributed by atoms with Crippen LogP contribution < -0.4 is 21.3 Å². The zero-order chi connectivity index (χ0) is 35.6. The fraction of sp³-hybridized carbons (Fsp3) is 0.781. The van der Waals surface area contributed by atoms with Gasteiger partial charge in [0.25, 0.3) is 0 Å². The molecule has 0 aliphatic carbocycles. The molecule has 0 aromatic carbocycles. The maximum Gasteiger partial charge on any atom is 0.326 e. The van der Waals surface area contributed by atoms with Gasteiger partial charge < -0.3 is 41.3 Å². The number of hydrogen-bond donors (Lipinski definition) is 6. The summed E-state index contributed by atoms with van der Waals surface area (Å²) in [5, 5.41) is 29.5. The van der Waals surface area contributed by atoms with Crippen molar-refractivity contribution < 1.29 is 43.8 Å². The smallest absolute Gasteiger partial charge is 0.326 e. The third kappa shape index (κ3) is 11.1. The molecule has 2 fully saturated rings. The molecule has 0 spiro atoms. The van der Waals surface area contributed by atoms with E-state index in [1.807, 2.05) is 13.8 Å². The van der Waals surface area contributed by atoms with Gasteiger partial charge in [0.05, 0.1) is 12.3 Å². The number of nitrogens with zero attached hydrogens (tertiary/aromatic N) is 2. The topological polar surface area (TPSA) is 215 Å². The molecule has 0 radical (unpaired) electrons. The monoisotopic (exact) mass is 666 g/mol. The molecule has 15 heteroatoms. The first-order valence-corrected chi connectivity index (χ1v) is 16.6. The number of aliphatic carboxylic acids is 2. The first-order valence-electron chi connectivity index (χ1n) is 16.6. The molecule has 5 atom stereocenters. The van der Waals surface area contributed by atoms with Gasteiger partial charge in [0.1, 0.15) is 24.2 Å². The van der Waals surface area contributed by atoms with Gasteiger partial charge in [-0.15, -0.1) is 0 Å². The Hall–Kier alpha value is -3.91. The number of carbonyl (C=O) groups is 7. The van der Waals surface area contributed by atoms with Crippen LogP contribution in [0.1, 0.15) is 93.4 Å². The summed E-state index contributed by atoms with van der Waals surface area (Å²) in [5.74, 6) is -6.68. The van der Waals surface area contributed by atoms with E-state index < -0.39 is 77.6 Å². The zero-order valence-corrected chi connectivity index (χ0v) is 28.8. The molecule has 2 heterocycles. The number of amides is 6. The molecule has 266 valence electrons. The fourth-order valence-electron chi connectivity index (χ4n) is 6.07. The van der Waals surface area contributed by atoms with Crippen molar-refractivity contribution in [1.29, 1.82) is 0 Å². The number of carboxylic acids is 2. The van der Waals surface area contributed by atoms with Crippen LogP contribution in [-0.4, -0.2) is 111 Å². The molecule has 2 aliphatic rings. The van der Waals surface area contributed by atoms with Gasteiger partial charge in [-0.25, -0.2) is 9.59 Å². The highest BCUT2D eigenvalue weighted by Crippen LogP contribution is 2.31. The summed E-state index contributed by atoms with van der Waals surface area (Å²) in [6.07, 6.45) is 2.30. The van der Waals surface area contributed by atoms with Crippen LogP contribution in [-0.2, 0) is 28.8 Å². The van der Waals surface area contributed by atoms with Crippen molar-refractivity contribution in [1.82, 2.24) is 31.1 Å². The SMILES string of the molecule is CCC(CC)NC(=O)NC(C(=O)N1CCC(C(=O)N2CCCC2)C1C(=O)NC(CC(=O)O)C(=O)NC(CC(C)C)C(=O)O)C(C)(C)C. The van der Waals surface area contributed by atoms with Gasteiger partial charge in [-0.1, -0.05) is 48.5 Å². The molecule has 15 nitrogen and oxygen atoms in total. The average Bonchev–Trinajstić information content (AvgIpc) is 3.67. The Labute approximate surface area is 276 Å². The van der Waals surface area contributed by atoms with Crippen LogP contribution in [0, 0.1) is 17.3 Å². The van der Waals surface area contributed by atoms with E-state index in [1.54, 1.807) is 39.5 Å². The minimum Gasteiger partial charge on any atom is -0.481 e. The summed E-state index contributed by atoms with van der Waals surface area (Å²) in [4.78, 5) is 94.5. The van der Waals surface area contributed by atoms with Crippen molar-refractivity contribution in [3.05, 3.63) is 0 Å². The van der Waals surface area contributed by atoms with Crippen molar-refractivity contribution in [3.8, 4) is 0 Å². The molecule has 0 bridgehead atoms. The lowest BCUT2D eigenvalue weighted by Crippen LogP contribution is -2.62. The fourth-order valence-corrected chi connectivity index (χ4v) is 6.07. The molecular formula is C32H54N6O9. The van der Waals surface area contributed by atoms with E-state index in [2.05, 4.69) is 21.3 Å². The van der Waals surface area contributed by atoms with Crippen molar-refractivity contribution in [2.45, 2.75) is 124 Å². The van der Waals surface area contributed by atoms with Crippen LogP contribution in [0.25, 0.3) is 0 Å². The average molecular weight is 667 g/mol. The van der Waals surface area contributed by atoms with Crippen LogP contribution in [0.2, 0.25) is 0 Å². The van der Waals surface area contributed by atoms with Gasteiger partial charge in [0.2, 0.25) is 23.6 Å². The molecule has 47 heavy (non-hydrogen) atoms. The highest BCUT2D eigenvalue weighted by atomic mass is 16.4. The summed E-state index contributed by atoms with van der Waals surface area (Å²) in [7, 11) is 0. The van der Waals surface area contributed by atoms with Gasteiger partial charge in [-0.3, -0.25) is 24.0 Å². The minimum absolute atomic E-state index is 0.00879. The first kappa shape index (κ1) is 39.3. The van der Waals surface area contributed by atoms with E-state index in [0.29, 0.717) is 25.9 Å². The number of carboxylic acid groups (broad SMARTS) is 2.